The molecule has 0 saturated heterocycles. The highest BCUT2D eigenvalue weighted by molar-refractivity contribution is 5.78. The second-order valence-electron chi connectivity index (χ2n) is 6.63. The Bertz CT molecular complexity index is 579. The van der Waals surface area contributed by atoms with Crippen LogP contribution in [0.25, 0.3) is 10.9 Å². The summed E-state index contributed by atoms with van der Waals surface area (Å²) < 4.78 is 0. The first kappa shape index (κ1) is 14.5. The van der Waals surface area contributed by atoms with Crippen molar-refractivity contribution >= 4 is 10.9 Å². The van der Waals surface area contributed by atoms with Crippen molar-refractivity contribution in [1.82, 2.24) is 10.3 Å². The van der Waals surface area contributed by atoms with E-state index in [0.717, 1.165) is 30.4 Å². The molecule has 2 nitrogen and oxygen atoms in total. The molecule has 112 valence electrons. The van der Waals surface area contributed by atoms with Gasteiger partial charge in [0.05, 0.1) is 5.52 Å². The lowest BCUT2D eigenvalue weighted by Gasteiger charge is -2.26. The average molecular weight is 282 g/mol. The molecule has 2 aromatic rings. The Hall–Kier alpha value is -1.41. The molecule has 3 rings (SSSR count). The third-order valence-electron chi connectivity index (χ3n) is 4.77. The van der Waals surface area contributed by atoms with Gasteiger partial charge in [-0.05, 0) is 55.0 Å². The standard InChI is InChI=1S/C19H26N2/c1-15-4-2-5-16(12-15)9-11-20-14-17-7-8-19-18(13-17)6-3-10-21-19/h3,6-8,10,13,15-16,20H,2,4-5,9,11-12,14H2,1H3. The molecule has 1 aliphatic carbocycles. The fraction of sp³-hybridized carbons (Fsp3) is 0.526. The smallest absolute Gasteiger partial charge is 0.0702 e. The summed E-state index contributed by atoms with van der Waals surface area (Å²) in [6, 6.07) is 10.7. The van der Waals surface area contributed by atoms with Crippen LogP contribution >= 0.6 is 0 Å². The lowest BCUT2D eigenvalue weighted by Crippen LogP contribution is -2.21. The average Bonchev–Trinajstić information content (AvgIpc) is 2.51. The third kappa shape index (κ3) is 4.04. The van der Waals surface area contributed by atoms with Crippen molar-refractivity contribution in [2.45, 2.75) is 45.6 Å². The van der Waals surface area contributed by atoms with E-state index in [0.29, 0.717) is 0 Å². The first-order valence-corrected chi connectivity index (χ1v) is 8.35. The van der Waals surface area contributed by atoms with Gasteiger partial charge in [0.1, 0.15) is 0 Å². The van der Waals surface area contributed by atoms with E-state index in [1.165, 1.54) is 43.1 Å². The maximum Gasteiger partial charge on any atom is 0.0702 e. The van der Waals surface area contributed by atoms with Crippen LogP contribution in [0.2, 0.25) is 0 Å². The van der Waals surface area contributed by atoms with Crippen LogP contribution in [0.1, 0.15) is 44.6 Å². The van der Waals surface area contributed by atoms with Crippen molar-refractivity contribution in [3.63, 3.8) is 0 Å². The molecule has 0 radical (unpaired) electrons. The molecule has 0 amide bonds. The van der Waals surface area contributed by atoms with Gasteiger partial charge in [-0.2, -0.15) is 0 Å². The normalized spacial score (nSPS) is 22.5. The summed E-state index contributed by atoms with van der Waals surface area (Å²) in [6.45, 7) is 4.51. The maximum atomic E-state index is 4.37. The van der Waals surface area contributed by atoms with Crippen LogP contribution in [0, 0.1) is 11.8 Å². The van der Waals surface area contributed by atoms with E-state index < -0.39 is 0 Å². The van der Waals surface area contributed by atoms with Gasteiger partial charge in [0.25, 0.3) is 0 Å². The Labute approximate surface area is 128 Å². The first-order valence-electron chi connectivity index (χ1n) is 8.35. The quantitative estimate of drug-likeness (QED) is 0.814. The zero-order chi connectivity index (χ0) is 14.5. The zero-order valence-electron chi connectivity index (χ0n) is 13.0. The van der Waals surface area contributed by atoms with E-state index in [4.69, 9.17) is 0 Å². The van der Waals surface area contributed by atoms with Crippen molar-refractivity contribution in [1.29, 1.82) is 0 Å². The number of aromatic nitrogens is 1. The van der Waals surface area contributed by atoms with Crippen molar-refractivity contribution in [3.05, 3.63) is 42.1 Å². The van der Waals surface area contributed by atoms with Gasteiger partial charge < -0.3 is 5.32 Å². The Balaban J connectivity index is 1.46. The number of pyridine rings is 1. The zero-order valence-corrected chi connectivity index (χ0v) is 13.0. The highest BCUT2D eigenvalue weighted by Gasteiger charge is 2.17. The van der Waals surface area contributed by atoms with Crippen LogP contribution < -0.4 is 5.32 Å². The Kier molecular flexibility index (Phi) is 4.87. The number of nitrogens with zero attached hydrogens (tertiary/aromatic N) is 1. The van der Waals surface area contributed by atoms with E-state index in [1.54, 1.807) is 0 Å². The molecule has 0 spiro atoms. The fourth-order valence-electron chi connectivity index (χ4n) is 3.60. The molecular weight excluding hydrogens is 256 g/mol. The van der Waals surface area contributed by atoms with Gasteiger partial charge in [0.2, 0.25) is 0 Å². The molecule has 2 heteroatoms. The minimum Gasteiger partial charge on any atom is -0.313 e. The number of nitrogens with one attached hydrogen (secondary N) is 1. The molecule has 21 heavy (non-hydrogen) atoms. The monoisotopic (exact) mass is 282 g/mol. The lowest BCUT2D eigenvalue weighted by atomic mass is 9.81. The summed E-state index contributed by atoms with van der Waals surface area (Å²) >= 11 is 0. The van der Waals surface area contributed by atoms with Gasteiger partial charge in [0.15, 0.2) is 0 Å². The summed E-state index contributed by atoms with van der Waals surface area (Å²) in [7, 11) is 0. The van der Waals surface area contributed by atoms with Crippen molar-refractivity contribution in [3.8, 4) is 0 Å². The molecule has 0 aliphatic heterocycles. The van der Waals surface area contributed by atoms with E-state index in [2.05, 4.69) is 41.5 Å². The van der Waals surface area contributed by atoms with E-state index in [1.807, 2.05) is 12.3 Å². The van der Waals surface area contributed by atoms with Crippen molar-refractivity contribution in [2.75, 3.05) is 6.54 Å². The topological polar surface area (TPSA) is 24.9 Å². The minimum absolute atomic E-state index is 0.941. The Morgan fingerprint density at radius 1 is 1.24 bits per heavy atom. The molecule has 1 saturated carbocycles. The molecule has 1 heterocycles. The molecule has 0 bridgehead atoms. The summed E-state index contributed by atoms with van der Waals surface area (Å²) in [5.41, 5.74) is 2.44. The van der Waals surface area contributed by atoms with Crippen molar-refractivity contribution in [2.24, 2.45) is 11.8 Å². The van der Waals surface area contributed by atoms with Crippen LogP contribution in [0.3, 0.4) is 0 Å². The number of hydrogen-bond acceptors (Lipinski definition) is 2. The van der Waals surface area contributed by atoms with Crippen LogP contribution in [0.15, 0.2) is 36.5 Å². The predicted octanol–water partition coefficient (Wildman–Crippen LogP) is 4.54. The molecule has 1 aliphatic rings. The predicted molar refractivity (Wildman–Crippen MR) is 89.2 cm³/mol. The van der Waals surface area contributed by atoms with Gasteiger partial charge >= 0.3 is 0 Å². The summed E-state index contributed by atoms with van der Waals surface area (Å²) in [5.74, 6) is 1.89. The Morgan fingerprint density at radius 2 is 2.19 bits per heavy atom. The Morgan fingerprint density at radius 3 is 3.10 bits per heavy atom. The second kappa shape index (κ2) is 7.04. The SMILES string of the molecule is CC1CCCC(CCNCc2ccc3ncccc3c2)C1. The molecule has 1 aromatic heterocycles. The lowest BCUT2D eigenvalue weighted by molar-refractivity contribution is 0.267. The molecular formula is C19H26N2. The maximum absolute atomic E-state index is 4.37. The number of hydrogen-bond donors (Lipinski definition) is 1. The van der Waals surface area contributed by atoms with E-state index >= 15 is 0 Å². The van der Waals surface area contributed by atoms with Gasteiger partial charge in [-0.1, -0.05) is 38.3 Å². The summed E-state index contributed by atoms with van der Waals surface area (Å²) in [4.78, 5) is 4.37. The van der Waals surface area contributed by atoms with Crippen LogP contribution in [-0.4, -0.2) is 11.5 Å². The van der Waals surface area contributed by atoms with Gasteiger partial charge in [-0.25, -0.2) is 0 Å². The van der Waals surface area contributed by atoms with Crippen LogP contribution in [0.5, 0.6) is 0 Å². The molecule has 2 atom stereocenters. The highest BCUT2D eigenvalue weighted by Crippen LogP contribution is 2.30. The molecule has 1 N–H and O–H groups in total. The van der Waals surface area contributed by atoms with E-state index in [-0.39, 0.29) is 0 Å². The number of rotatable bonds is 5. The minimum atomic E-state index is 0.941. The largest absolute Gasteiger partial charge is 0.313 e. The van der Waals surface area contributed by atoms with Gasteiger partial charge in [-0.15, -0.1) is 0 Å². The number of benzene rings is 1. The van der Waals surface area contributed by atoms with Crippen molar-refractivity contribution < 1.29 is 0 Å². The van der Waals surface area contributed by atoms with Crippen LogP contribution in [-0.2, 0) is 6.54 Å². The van der Waals surface area contributed by atoms with Gasteiger partial charge in [-0.3, -0.25) is 4.98 Å². The summed E-state index contributed by atoms with van der Waals surface area (Å²) in [5, 5.41) is 4.84. The van der Waals surface area contributed by atoms with Crippen LogP contribution in [0.4, 0.5) is 0 Å². The molecule has 2 unspecified atom stereocenters. The fourth-order valence-corrected chi connectivity index (χ4v) is 3.60. The first-order chi connectivity index (χ1) is 10.3. The van der Waals surface area contributed by atoms with E-state index in [9.17, 15) is 0 Å². The second-order valence-corrected chi connectivity index (χ2v) is 6.63. The number of fused-ring (bicyclic) bond motifs is 1. The summed E-state index contributed by atoms with van der Waals surface area (Å²) in [6.07, 6.45) is 8.93. The molecule has 1 fully saturated rings. The highest BCUT2D eigenvalue weighted by atomic mass is 14.8. The third-order valence-corrected chi connectivity index (χ3v) is 4.77. The van der Waals surface area contributed by atoms with Gasteiger partial charge in [0, 0.05) is 18.1 Å². The molecule has 1 aromatic carbocycles.